The van der Waals surface area contributed by atoms with Gasteiger partial charge in [0.15, 0.2) is 0 Å². The van der Waals surface area contributed by atoms with Crippen LogP contribution in [0.15, 0.2) is 24.3 Å². The highest BCUT2D eigenvalue weighted by atomic mass is 19.4. The molecule has 1 aromatic carbocycles. The summed E-state index contributed by atoms with van der Waals surface area (Å²) in [7, 11) is 0. The average molecular weight is 315 g/mol. The number of alkyl halides is 3. The number of hydrogen-bond donors (Lipinski definition) is 0. The highest BCUT2D eigenvalue weighted by molar-refractivity contribution is 5.69. The van der Waals surface area contributed by atoms with Gasteiger partial charge in [-0.25, -0.2) is 4.79 Å². The molecule has 1 heterocycles. The van der Waals surface area contributed by atoms with Crippen molar-refractivity contribution in [3.63, 3.8) is 0 Å². The number of carbonyl (C=O) groups excluding carboxylic acids is 1. The van der Waals surface area contributed by atoms with Gasteiger partial charge in [0.2, 0.25) is 0 Å². The molecule has 6 heteroatoms. The number of ether oxygens (including phenoxy) is 1. The minimum Gasteiger partial charge on any atom is -0.444 e. The number of benzene rings is 1. The molecule has 0 spiro atoms. The topological polar surface area (TPSA) is 29.5 Å². The van der Waals surface area contributed by atoms with E-state index in [0.29, 0.717) is 19.5 Å². The zero-order valence-corrected chi connectivity index (χ0v) is 12.9. The van der Waals surface area contributed by atoms with E-state index in [1.54, 1.807) is 4.90 Å². The third-order valence-electron chi connectivity index (χ3n) is 3.41. The highest BCUT2D eigenvalue weighted by Crippen LogP contribution is 2.30. The molecule has 0 N–H and O–H groups in total. The summed E-state index contributed by atoms with van der Waals surface area (Å²) in [5.41, 5.74) is -0.308. The van der Waals surface area contributed by atoms with E-state index in [9.17, 15) is 18.0 Å². The van der Waals surface area contributed by atoms with Crippen molar-refractivity contribution >= 4 is 6.09 Å². The van der Waals surface area contributed by atoms with Crippen LogP contribution in [0.3, 0.4) is 0 Å². The van der Waals surface area contributed by atoms with Crippen molar-refractivity contribution in [2.45, 2.75) is 39.0 Å². The summed E-state index contributed by atoms with van der Waals surface area (Å²) < 4.78 is 42.7. The second-order valence-electron chi connectivity index (χ2n) is 6.65. The van der Waals surface area contributed by atoms with Gasteiger partial charge in [-0.2, -0.15) is 13.2 Å². The van der Waals surface area contributed by atoms with Gasteiger partial charge in [-0.15, -0.1) is 0 Å². The number of nitrogens with zero attached hydrogens (tertiary/aromatic N) is 1. The van der Waals surface area contributed by atoms with Crippen molar-refractivity contribution in [1.82, 2.24) is 4.90 Å². The number of hydrogen-bond acceptors (Lipinski definition) is 2. The fourth-order valence-electron chi connectivity index (χ4n) is 2.34. The van der Waals surface area contributed by atoms with Crippen LogP contribution in [0.1, 0.15) is 31.9 Å². The maximum Gasteiger partial charge on any atom is 0.416 e. The summed E-state index contributed by atoms with van der Waals surface area (Å²) >= 11 is 0. The molecule has 0 aromatic heterocycles. The summed E-state index contributed by atoms with van der Waals surface area (Å²) in [6, 6.07) is 5.19. The lowest BCUT2D eigenvalue weighted by atomic mass is 9.92. The van der Waals surface area contributed by atoms with E-state index >= 15 is 0 Å². The van der Waals surface area contributed by atoms with Crippen molar-refractivity contribution in [2.24, 2.45) is 5.92 Å². The van der Waals surface area contributed by atoms with Crippen LogP contribution >= 0.6 is 0 Å². The molecule has 1 saturated heterocycles. The largest absolute Gasteiger partial charge is 0.444 e. The van der Waals surface area contributed by atoms with E-state index in [2.05, 4.69) is 0 Å². The normalized spacial score (nSPS) is 16.4. The molecule has 0 atom stereocenters. The Labute approximate surface area is 128 Å². The molecule has 1 fully saturated rings. The lowest BCUT2D eigenvalue weighted by Gasteiger charge is -2.40. The van der Waals surface area contributed by atoms with E-state index in [1.807, 2.05) is 20.8 Å². The van der Waals surface area contributed by atoms with Crippen molar-refractivity contribution < 1.29 is 22.7 Å². The summed E-state index contributed by atoms with van der Waals surface area (Å²) in [6.45, 7) is 6.59. The predicted octanol–water partition coefficient (Wildman–Crippen LogP) is 4.11. The van der Waals surface area contributed by atoms with Crippen LogP contribution in [0.4, 0.5) is 18.0 Å². The number of carbonyl (C=O) groups is 1. The third-order valence-corrected chi connectivity index (χ3v) is 3.41. The molecule has 22 heavy (non-hydrogen) atoms. The lowest BCUT2D eigenvalue weighted by molar-refractivity contribution is -0.137. The van der Waals surface area contributed by atoms with Gasteiger partial charge < -0.3 is 9.64 Å². The van der Waals surface area contributed by atoms with Crippen LogP contribution in [-0.4, -0.2) is 29.7 Å². The first kappa shape index (κ1) is 16.6. The molecule has 0 aliphatic carbocycles. The molecule has 0 unspecified atom stereocenters. The van der Waals surface area contributed by atoms with Crippen LogP contribution in [0.5, 0.6) is 0 Å². The molecule has 2 rings (SSSR count). The molecular weight excluding hydrogens is 295 g/mol. The fraction of sp³-hybridized carbons (Fsp3) is 0.562. The Hall–Kier alpha value is -1.72. The van der Waals surface area contributed by atoms with Crippen LogP contribution in [0.2, 0.25) is 0 Å². The quantitative estimate of drug-likeness (QED) is 0.822. The first-order valence-electron chi connectivity index (χ1n) is 7.19. The van der Waals surface area contributed by atoms with E-state index in [4.69, 9.17) is 4.74 Å². The minimum atomic E-state index is -4.30. The van der Waals surface area contributed by atoms with Gasteiger partial charge in [-0.05, 0) is 50.8 Å². The molecular formula is C16H20F3NO2. The second kappa shape index (κ2) is 5.82. The summed E-state index contributed by atoms with van der Waals surface area (Å²) in [6.07, 6.45) is -3.98. The third kappa shape index (κ3) is 4.39. The molecule has 0 saturated carbocycles. The van der Waals surface area contributed by atoms with E-state index < -0.39 is 17.3 Å². The van der Waals surface area contributed by atoms with Crippen LogP contribution in [0, 0.1) is 5.92 Å². The zero-order chi connectivity index (χ0) is 16.5. The average Bonchev–Trinajstić information content (AvgIpc) is 2.30. The Bertz CT molecular complexity index is 526. The van der Waals surface area contributed by atoms with Crippen molar-refractivity contribution in [2.75, 3.05) is 13.1 Å². The Morgan fingerprint density at radius 1 is 1.18 bits per heavy atom. The van der Waals surface area contributed by atoms with Gasteiger partial charge in [0.05, 0.1) is 5.56 Å². The molecule has 0 bridgehead atoms. The number of likely N-dealkylation sites (tertiary alicyclic amines) is 1. The summed E-state index contributed by atoms with van der Waals surface area (Å²) in [4.78, 5) is 13.4. The Kier molecular flexibility index (Phi) is 4.40. The Morgan fingerprint density at radius 2 is 1.73 bits per heavy atom. The number of rotatable bonds is 2. The first-order valence-corrected chi connectivity index (χ1v) is 7.19. The zero-order valence-electron chi connectivity index (χ0n) is 12.9. The Balaban J connectivity index is 1.82. The van der Waals surface area contributed by atoms with Gasteiger partial charge in [0.25, 0.3) is 0 Å². The van der Waals surface area contributed by atoms with E-state index in [-0.39, 0.29) is 12.0 Å². The molecule has 3 nitrogen and oxygen atoms in total. The smallest absolute Gasteiger partial charge is 0.416 e. The van der Waals surface area contributed by atoms with Crippen LogP contribution < -0.4 is 0 Å². The van der Waals surface area contributed by atoms with Gasteiger partial charge in [-0.1, -0.05) is 12.1 Å². The highest BCUT2D eigenvalue weighted by Gasteiger charge is 2.34. The van der Waals surface area contributed by atoms with Gasteiger partial charge >= 0.3 is 12.3 Å². The van der Waals surface area contributed by atoms with Gasteiger partial charge in [0, 0.05) is 13.1 Å². The molecule has 0 radical (unpaired) electrons. The standard InChI is InChI=1S/C16H20F3NO2/c1-15(2,3)22-14(21)20-9-12(10-20)8-11-4-6-13(7-5-11)16(17,18)19/h4-7,12H,8-10H2,1-3H3. The molecule has 1 aliphatic rings. The van der Waals surface area contributed by atoms with Crippen LogP contribution in [-0.2, 0) is 17.3 Å². The monoisotopic (exact) mass is 315 g/mol. The van der Waals surface area contributed by atoms with Crippen molar-refractivity contribution in [3.8, 4) is 0 Å². The molecule has 1 amide bonds. The van der Waals surface area contributed by atoms with Gasteiger partial charge in [0.1, 0.15) is 5.60 Å². The van der Waals surface area contributed by atoms with E-state index in [1.165, 1.54) is 12.1 Å². The van der Waals surface area contributed by atoms with Crippen molar-refractivity contribution in [3.05, 3.63) is 35.4 Å². The maximum atomic E-state index is 12.5. The SMILES string of the molecule is CC(C)(C)OC(=O)N1CC(Cc2ccc(C(F)(F)F)cc2)C1. The molecule has 1 aliphatic heterocycles. The van der Waals surface area contributed by atoms with Gasteiger partial charge in [-0.3, -0.25) is 0 Å². The lowest BCUT2D eigenvalue weighted by Crippen LogP contribution is -2.52. The molecule has 1 aromatic rings. The predicted molar refractivity (Wildman–Crippen MR) is 76.4 cm³/mol. The first-order chi connectivity index (χ1) is 10.0. The van der Waals surface area contributed by atoms with E-state index in [0.717, 1.165) is 17.7 Å². The fourth-order valence-corrected chi connectivity index (χ4v) is 2.34. The van der Waals surface area contributed by atoms with Crippen molar-refractivity contribution in [1.29, 1.82) is 0 Å². The summed E-state index contributed by atoms with van der Waals surface area (Å²) in [5, 5.41) is 0. The second-order valence-corrected chi connectivity index (χ2v) is 6.65. The van der Waals surface area contributed by atoms with Crippen LogP contribution in [0.25, 0.3) is 0 Å². The number of halogens is 3. The minimum absolute atomic E-state index is 0.268. The maximum absolute atomic E-state index is 12.5. The molecule has 122 valence electrons. The Morgan fingerprint density at radius 3 is 2.18 bits per heavy atom. The summed E-state index contributed by atoms with van der Waals surface area (Å²) in [5.74, 6) is 0.268. The number of amides is 1.